The fourth-order valence-corrected chi connectivity index (χ4v) is 3.30. The van der Waals surface area contributed by atoms with Gasteiger partial charge in [-0.2, -0.15) is 5.10 Å². The molecule has 0 aliphatic carbocycles. The Morgan fingerprint density at radius 3 is 2.66 bits per heavy atom. The molecule has 2 heterocycles. The number of carbonyl (C=O) groups excluding carboxylic acids is 2. The summed E-state index contributed by atoms with van der Waals surface area (Å²) < 4.78 is 7.29. The van der Waals surface area contributed by atoms with Gasteiger partial charge in [-0.15, -0.1) is 0 Å². The van der Waals surface area contributed by atoms with Crippen LogP contribution in [0.25, 0.3) is 17.0 Å². The van der Waals surface area contributed by atoms with Crippen LogP contribution in [0.2, 0.25) is 5.15 Å². The Hall–Kier alpha value is -3.06. The van der Waals surface area contributed by atoms with Crippen molar-refractivity contribution < 1.29 is 14.0 Å². The number of carbonyl (C=O) groups is 2. The molecule has 3 aromatic rings. The van der Waals surface area contributed by atoms with Crippen molar-refractivity contribution in [3.63, 3.8) is 0 Å². The summed E-state index contributed by atoms with van der Waals surface area (Å²) >= 11 is 6.36. The molecule has 0 bridgehead atoms. The Balaban J connectivity index is 1.64. The first-order valence-electron chi connectivity index (χ1n) is 9.27. The lowest BCUT2D eigenvalue weighted by Crippen LogP contribution is -2.40. The van der Waals surface area contributed by atoms with Gasteiger partial charge in [0.2, 0.25) is 0 Å². The maximum absolute atomic E-state index is 12.3. The molecule has 0 saturated carbocycles. The number of aromatic nitrogens is 2. The zero-order chi connectivity index (χ0) is 21.1. The number of hydrogen-bond donors (Lipinski definition) is 2. The Bertz CT molecular complexity index is 1090. The van der Waals surface area contributed by atoms with Crippen molar-refractivity contribution in [1.82, 2.24) is 20.6 Å². The minimum atomic E-state index is -0.528. The van der Waals surface area contributed by atoms with Crippen LogP contribution in [0, 0.1) is 19.8 Å². The summed E-state index contributed by atoms with van der Waals surface area (Å²) in [5.74, 6) is -0.480. The van der Waals surface area contributed by atoms with Crippen molar-refractivity contribution in [3.8, 4) is 0 Å². The van der Waals surface area contributed by atoms with Gasteiger partial charge in [0.1, 0.15) is 10.7 Å². The molecule has 7 nitrogen and oxygen atoms in total. The van der Waals surface area contributed by atoms with Gasteiger partial charge in [0.05, 0.1) is 5.69 Å². The highest BCUT2D eigenvalue weighted by Crippen LogP contribution is 2.25. The summed E-state index contributed by atoms with van der Waals surface area (Å²) in [6.07, 6.45) is 2.87. The Morgan fingerprint density at radius 2 is 1.97 bits per heavy atom. The van der Waals surface area contributed by atoms with E-state index in [0.717, 1.165) is 11.1 Å². The quantitative estimate of drug-likeness (QED) is 0.487. The van der Waals surface area contributed by atoms with Gasteiger partial charge in [-0.3, -0.25) is 25.1 Å². The number of para-hydroxylation sites is 1. The minimum absolute atomic E-state index is 0.157. The second-order valence-corrected chi connectivity index (χ2v) is 7.55. The van der Waals surface area contributed by atoms with Crippen LogP contribution in [0.1, 0.15) is 41.2 Å². The molecule has 2 N–H and O–H groups in total. The normalized spacial score (nSPS) is 11.5. The number of hydrazine groups is 1. The first kappa shape index (κ1) is 20.7. The van der Waals surface area contributed by atoms with Gasteiger partial charge in [0, 0.05) is 29.1 Å². The molecule has 0 spiro atoms. The lowest BCUT2D eigenvalue weighted by molar-refractivity contribution is -0.117. The van der Waals surface area contributed by atoms with Gasteiger partial charge in [-0.05, 0) is 31.9 Å². The molecule has 3 rings (SSSR count). The van der Waals surface area contributed by atoms with Crippen LogP contribution in [0.15, 0.2) is 34.8 Å². The van der Waals surface area contributed by atoms with Crippen molar-refractivity contribution in [2.75, 3.05) is 0 Å². The Morgan fingerprint density at radius 1 is 1.24 bits per heavy atom. The monoisotopic (exact) mass is 414 g/mol. The standard InChI is InChI=1S/C21H23ClN4O3/c1-12(2)11-26-20(22)16(14(4)25-26)9-10-18(27)23-24-21(28)19-13(3)15-7-5-6-8-17(15)29-19/h5-10,12H,11H2,1-4H3,(H,23,27)(H,24,28)/b10-9+. The van der Waals surface area contributed by atoms with Crippen LogP contribution >= 0.6 is 11.6 Å². The number of nitrogens with zero attached hydrogens (tertiary/aromatic N) is 2. The molecule has 0 atom stereocenters. The lowest BCUT2D eigenvalue weighted by atomic mass is 10.1. The molecule has 0 aliphatic heterocycles. The molecule has 8 heteroatoms. The summed E-state index contributed by atoms with van der Waals surface area (Å²) in [5, 5.41) is 5.72. The highest BCUT2D eigenvalue weighted by Gasteiger charge is 2.17. The van der Waals surface area contributed by atoms with Crippen LogP contribution in [0.3, 0.4) is 0 Å². The summed E-state index contributed by atoms with van der Waals surface area (Å²) in [4.78, 5) is 24.5. The third kappa shape index (κ3) is 4.51. The molecule has 2 aromatic heterocycles. The van der Waals surface area contributed by atoms with Crippen molar-refractivity contribution in [1.29, 1.82) is 0 Å². The summed E-state index contributed by atoms with van der Waals surface area (Å²) in [5.41, 5.74) is 7.42. The van der Waals surface area contributed by atoms with E-state index < -0.39 is 11.8 Å². The maximum atomic E-state index is 12.3. The molecular weight excluding hydrogens is 392 g/mol. The predicted octanol–water partition coefficient (Wildman–Crippen LogP) is 4.03. The third-order valence-electron chi connectivity index (χ3n) is 4.40. The van der Waals surface area contributed by atoms with E-state index >= 15 is 0 Å². The molecule has 2 amide bonds. The molecule has 152 valence electrons. The molecule has 0 radical (unpaired) electrons. The topological polar surface area (TPSA) is 89.2 Å². The number of fused-ring (bicyclic) bond motifs is 1. The lowest BCUT2D eigenvalue weighted by Gasteiger charge is -2.05. The molecule has 1 aromatic carbocycles. The van der Waals surface area contributed by atoms with Crippen molar-refractivity contribution in [2.45, 2.75) is 34.2 Å². The van der Waals surface area contributed by atoms with Crippen molar-refractivity contribution >= 4 is 40.5 Å². The number of furan rings is 1. The van der Waals surface area contributed by atoms with Gasteiger partial charge in [0.15, 0.2) is 5.76 Å². The van der Waals surface area contributed by atoms with Gasteiger partial charge in [-0.25, -0.2) is 0 Å². The van der Waals surface area contributed by atoms with E-state index in [9.17, 15) is 9.59 Å². The second-order valence-electron chi connectivity index (χ2n) is 7.19. The number of rotatable bonds is 5. The molecule has 0 saturated heterocycles. The first-order valence-corrected chi connectivity index (χ1v) is 9.65. The van der Waals surface area contributed by atoms with Gasteiger partial charge in [0.25, 0.3) is 5.91 Å². The van der Waals surface area contributed by atoms with Crippen LogP contribution in [0.5, 0.6) is 0 Å². The van der Waals surface area contributed by atoms with E-state index in [1.807, 2.05) is 25.1 Å². The number of hydrogen-bond acceptors (Lipinski definition) is 4. The smallest absolute Gasteiger partial charge is 0.305 e. The van der Waals surface area contributed by atoms with E-state index in [1.54, 1.807) is 23.7 Å². The number of benzene rings is 1. The number of halogens is 1. The van der Waals surface area contributed by atoms with Crippen LogP contribution in [-0.2, 0) is 11.3 Å². The van der Waals surface area contributed by atoms with Gasteiger partial charge < -0.3 is 4.42 Å². The van der Waals surface area contributed by atoms with E-state index in [1.165, 1.54) is 6.08 Å². The SMILES string of the molecule is Cc1nn(CC(C)C)c(Cl)c1/C=C/C(=O)NNC(=O)c1oc2ccccc2c1C. The Labute approximate surface area is 173 Å². The molecular formula is C21H23ClN4O3. The summed E-state index contributed by atoms with van der Waals surface area (Å²) in [6.45, 7) is 8.45. The second kappa shape index (κ2) is 8.53. The zero-order valence-corrected chi connectivity index (χ0v) is 17.5. The molecule has 0 unspecified atom stereocenters. The van der Waals surface area contributed by atoms with Crippen LogP contribution in [-0.4, -0.2) is 21.6 Å². The van der Waals surface area contributed by atoms with E-state index in [2.05, 4.69) is 29.8 Å². The van der Waals surface area contributed by atoms with Gasteiger partial charge in [-0.1, -0.05) is 43.6 Å². The highest BCUT2D eigenvalue weighted by molar-refractivity contribution is 6.31. The minimum Gasteiger partial charge on any atom is -0.451 e. The van der Waals surface area contributed by atoms with Crippen molar-refractivity contribution in [2.24, 2.45) is 5.92 Å². The van der Waals surface area contributed by atoms with E-state index in [-0.39, 0.29) is 5.76 Å². The fourth-order valence-electron chi connectivity index (χ4n) is 2.99. The third-order valence-corrected chi connectivity index (χ3v) is 4.80. The zero-order valence-electron chi connectivity index (χ0n) is 16.7. The number of nitrogens with one attached hydrogen (secondary N) is 2. The van der Waals surface area contributed by atoms with Crippen molar-refractivity contribution in [3.05, 3.63) is 58.1 Å². The predicted molar refractivity (Wildman–Crippen MR) is 112 cm³/mol. The fraction of sp³-hybridized carbons (Fsp3) is 0.286. The van der Waals surface area contributed by atoms with Crippen LogP contribution in [0.4, 0.5) is 0 Å². The number of aryl methyl sites for hydroxylation is 2. The van der Waals surface area contributed by atoms with E-state index in [4.69, 9.17) is 16.0 Å². The molecule has 29 heavy (non-hydrogen) atoms. The largest absolute Gasteiger partial charge is 0.451 e. The summed E-state index contributed by atoms with van der Waals surface area (Å²) in [7, 11) is 0. The maximum Gasteiger partial charge on any atom is 0.305 e. The molecule has 0 aliphatic rings. The van der Waals surface area contributed by atoms with Crippen LogP contribution < -0.4 is 10.9 Å². The van der Waals surface area contributed by atoms with Gasteiger partial charge >= 0.3 is 5.91 Å². The first-order chi connectivity index (χ1) is 13.8. The van der Waals surface area contributed by atoms with E-state index in [0.29, 0.717) is 34.3 Å². The number of amides is 2. The average molecular weight is 415 g/mol. The average Bonchev–Trinajstić information content (AvgIpc) is 3.14. The Kier molecular flexibility index (Phi) is 6.08. The summed E-state index contributed by atoms with van der Waals surface area (Å²) in [6, 6.07) is 7.36. The highest BCUT2D eigenvalue weighted by atomic mass is 35.5. The molecule has 0 fully saturated rings.